The number of hydrogen-bond acceptors (Lipinski definition) is 5. The fourth-order valence-electron chi connectivity index (χ4n) is 3.70. The molecule has 9 heteroatoms. The van der Waals surface area contributed by atoms with E-state index in [1.807, 2.05) is 45.4 Å². The van der Waals surface area contributed by atoms with E-state index >= 15 is 0 Å². The number of sulfonamides is 1. The number of nitriles is 1. The van der Waals surface area contributed by atoms with E-state index in [1.54, 1.807) is 0 Å². The lowest BCUT2D eigenvalue weighted by atomic mass is 9.72. The lowest BCUT2D eigenvalue weighted by molar-refractivity contribution is 0.0784. The molecule has 1 unspecified atom stereocenters. The summed E-state index contributed by atoms with van der Waals surface area (Å²) in [4.78, 5) is 12.6. The zero-order valence-electron chi connectivity index (χ0n) is 20.1. The predicted octanol–water partition coefficient (Wildman–Crippen LogP) is 4.98. The highest BCUT2D eigenvalue weighted by Crippen LogP contribution is 2.41. The molecule has 0 heterocycles. The maximum atomic E-state index is 12.9. The van der Waals surface area contributed by atoms with Gasteiger partial charge in [-0.25, -0.2) is 17.9 Å². The van der Waals surface area contributed by atoms with E-state index < -0.39 is 27.1 Å². The highest BCUT2D eigenvalue weighted by atomic mass is 35.5. The van der Waals surface area contributed by atoms with Gasteiger partial charge in [-0.2, -0.15) is 5.26 Å². The summed E-state index contributed by atoms with van der Waals surface area (Å²) >= 11 is 6.06. The van der Waals surface area contributed by atoms with Gasteiger partial charge in [0.25, 0.3) is 10.0 Å². The maximum absolute atomic E-state index is 12.9. The topological polar surface area (TPSA) is 119 Å². The van der Waals surface area contributed by atoms with E-state index in [-0.39, 0.29) is 21.8 Å². The minimum absolute atomic E-state index is 0.000839. The molecule has 1 atom stereocenters. The Morgan fingerprint density at radius 3 is 2.30 bits per heavy atom. The first-order valence-electron chi connectivity index (χ1n) is 10.7. The number of benzene rings is 1. The van der Waals surface area contributed by atoms with Crippen molar-refractivity contribution >= 4 is 27.7 Å². The summed E-state index contributed by atoms with van der Waals surface area (Å²) in [6.07, 6.45) is 2.28. The first-order valence-corrected chi connectivity index (χ1v) is 12.6. The standard InChI is InChI=1S/C24H32ClN3O4S/c1-14(2)19-11-24(7,13-26)12-20(15(3)4)21(19)27-22(29)28-33(31,32)18-9-16(23(5,6)30)8-17(25)10-18/h8-11,14-15,30H,12H2,1-7H3,(H2,27,28,29). The lowest BCUT2D eigenvalue weighted by Crippen LogP contribution is -2.41. The van der Waals surface area contributed by atoms with Gasteiger partial charge in [0.05, 0.1) is 22.0 Å². The Balaban J connectivity index is 2.41. The summed E-state index contributed by atoms with van der Waals surface area (Å²) in [5, 5.41) is 22.8. The Hall–Kier alpha value is -2.34. The van der Waals surface area contributed by atoms with E-state index in [2.05, 4.69) is 11.4 Å². The Morgan fingerprint density at radius 2 is 1.82 bits per heavy atom. The molecule has 2 amide bonds. The number of aliphatic hydroxyl groups is 1. The van der Waals surface area contributed by atoms with Crippen molar-refractivity contribution in [3.8, 4) is 6.07 Å². The Kier molecular flexibility index (Phi) is 7.74. The van der Waals surface area contributed by atoms with Crippen LogP contribution in [0.1, 0.15) is 60.5 Å². The van der Waals surface area contributed by atoms with Crippen LogP contribution in [0.3, 0.4) is 0 Å². The van der Waals surface area contributed by atoms with Gasteiger partial charge in [-0.05, 0) is 73.9 Å². The van der Waals surface area contributed by atoms with Crippen LogP contribution in [-0.4, -0.2) is 19.6 Å². The molecule has 1 aliphatic rings. The summed E-state index contributed by atoms with van der Waals surface area (Å²) in [7, 11) is -4.27. The van der Waals surface area contributed by atoms with Gasteiger partial charge in [0.2, 0.25) is 0 Å². The van der Waals surface area contributed by atoms with Gasteiger partial charge < -0.3 is 10.4 Å². The molecule has 180 valence electrons. The zero-order valence-corrected chi connectivity index (χ0v) is 21.6. The number of nitrogens with one attached hydrogen (secondary N) is 2. The van der Waals surface area contributed by atoms with Crippen LogP contribution in [0.25, 0.3) is 0 Å². The third kappa shape index (κ3) is 6.38. The van der Waals surface area contributed by atoms with Crippen molar-refractivity contribution < 1.29 is 18.3 Å². The third-order valence-corrected chi connectivity index (χ3v) is 7.10. The number of urea groups is 1. The Labute approximate surface area is 201 Å². The SMILES string of the molecule is CC(C)C1=CC(C)(C#N)CC(C(C)C)=C1NC(=O)NS(=O)(=O)c1cc(Cl)cc(C(C)(C)O)c1. The highest BCUT2D eigenvalue weighted by molar-refractivity contribution is 7.90. The fourth-order valence-corrected chi connectivity index (χ4v) is 4.98. The van der Waals surface area contributed by atoms with Gasteiger partial charge in [0.15, 0.2) is 0 Å². The smallest absolute Gasteiger partial charge is 0.333 e. The summed E-state index contributed by atoms with van der Waals surface area (Å²) in [5.74, 6) is 0.0372. The van der Waals surface area contributed by atoms with Gasteiger partial charge in [-0.3, -0.25) is 0 Å². The monoisotopic (exact) mass is 493 g/mol. The van der Waals surface area contributed by atoms with E-state index in [4.69, 9.17) is 11.6 Å². The van der Waals surface area contributed by atoms with Gasteiger partial charge in [0, 0.05) is 10.7 Å². The van der Waals surface area contributed by atoms with Crippen molar-refractivity contribution in [2.45, 2.75) is 65.4 Å². The maximum Gasteiger partial charge on any atom is 0.333 e. The Morgan fingerprint density at radius 1 is 1.21 bits per heavy atom. The molecule has 33 heavy (non-hydrogen) atoms. The fraction of sp³-hybridized carbons (Fsp3) is 0.500. The normalized spacial score (nSPS) is 19.4. The summed E-state index contributed by atoms with van der Waals surface area (Å²) < 4.78 is 27.9. The molecule has 1 aromatic carbocycles. The molecular weight excluding hydrogens is 462 g/mol. The average molecular weight is 494 g/mol. The van der Waals surface area contributed by atoms with Crippen molar-refractivity contribution in [1.82, 2.24) is 10.0 Å². The molecule has 0 saturated heterocycles. The largest absolute Gasteiger partial charge is 0.386 e. The molecule has 3 N–H and O–H groups in total. The number of carbonyl (C=O) groups is 1. The van der Waals surface area contributed by atoms with Crippen molar-refractivity contribution in [2.24, 2.45) is 17.3 Å². The predicted molar refractivity (Wildman–Crippen MR) is 129 cm³/mol. The molecule has 0 fully saturated rings. The first kappa shape index (κ1) is 26.9. The van der Waals surface area contributed by atoms with Crippen LogP contribution in [-0.2, 0) is 15.6 Å². The van der Waals surface area contributed by atoms with Crippen LogP contribution >= 0.6 is 11.6 Å². The van der Waals surface area contributed by atoms with Crippen LogP contribution < -0.4 is 10.0 Å². The zero-order chi connectivity index (χ0) is 25.4. The second-order valence-corrected chi connectivity index (χ2v) is 11.9. The summed E-state index contributed by atoms with van der Waals surface area (Å²) in [5.41, 5.74) is 0.484. The number of amides is 2. The number of nitrogens with zero attached hydrogens (tertiary/aromatic N) is 1. The minimum atomic E-state index is -4.27. The first-order chi connectivity index (χ1) is 15.0. The van der Waals surface area contributed by atoms with Crippen molar-refractivity contribution in [1.29, 1.82) is 5.26 Å². The molecule has 1 aromatic rings. The van der Waals surface area contributed by atoms with Crippen molar-refractivity contribution in [3.05, 3.63) is 51.7 Å². The van der Waals surface area contributed by atoms with Crippen molar-refractivity contribution in [2.75, 3.05) is 0 Å². The number of halogens is 1. The van der Waals surface area contributed by atoms with Gasteiger partial charge >= 0.3 is 6.03 Å². The van der Waals surface area contributed by atoms with Crippen LogP contribution in [0.5, 0.6) is 0 Å². The molecular formula is C24H32ClN3O4S. The summed E-state index contributed by atoms with van der Waals surface area (Å²) in [6, 6.07) is 5.38. The van der Waals surface area contributed by atoms with Crippen LogP contribution in [0.4, 0.5) is 4.79 Å². The molecule has 0 radical (unpaired) electrons. The van der Waals surface area contributed by atoms with Crippen molar-refractivity contribution in [3.63, 3.8) is 0 Å². The number of hydrogen-bond donors (Lipinski definition) is 3. The molecule has 0 saturated carbocycles. The Bertz CT molecular complexity index is 1160. The van der Waals surface area contributed by atoms with E-state index in [0.717, 1.165) is 11.1 Å². The van der Waals surface area contributed by atoms with Gasteiger partial charge in [0.1, 0.15) is 0 Å². The third-order valence-electron chi connectivity index (χ3n) is 5.57. The number of carbonyl (C=O) groups excluding carboxylic acids is 1. The van der Waals surface area contributed by atoms with E-state index in [9.17, 15) is 23.6 Å². The number of allylic oxidation sites excluding steroid dienone is 3. The van der Waals surface area contributed by atoms with E-state index in [1.165, 1.54) is 32.0 Å². The summed E-state index contributed by atoms with van der Waals surface area (Å²) in [6.45, 7) is 12.7. The molecule has 0 aromatic heterocycles. The minimum Gasteiger partial charge on any atom is -0.386 e. The molecule has 0 spiro atoms. The quantitative estimate of drug-likeness (QED) is 0.516. The van der Waals surface area contributed by atoms with Crippen LogP contribution in [0.2, 0.25) is 5.02 Å². The molecule has 7 nitrogen and oxygen atoms in total. The number of rotatable bonds is 6. The van der Waals surface area contributed by atoms with Crippen LogP contribution in [0.15, 0.2) is 46.0 Å². The van der Waals surface area contributed by atoms with E-state index in [0.29, 0.717) is 17.7 Å². The van der Waals surface area contributed by atoms with Gasteiger partial charge in [-0.1, -0.05) is 45.4 Å². The van der Waals surface area contributed by atoms with Crippen LogP contribution in [0, 0.1) is 28.6 Å². The molecule has 0 aliphatic heterocycles. The average Bonchev–Trinajstić information content (AvgIpc) is 2.67. The highest BCUT2D eigenvalue weighted by Gasteiger charge is 2.34. The molecule has 2 rings (SSSR count). The second kappa shape index (κ2) is 9.49. The lowest BCUT2D eigenvalue weighted by Gasteiger charge is -2.33. The molecule has 1 aliphatic carbocycles. The second-order valence-electron chi connectivity index (χ2n) is 9.81. The molecule has 0 bridgehead atoms. The van der Waals surface area contributed by atoms with Gasteiger partial charge in [-0.15, -0.1) is 0 Å².